The normalized spacial score (nSPS) is 16.2. The minimum atomic E-state index is -4.46. The molecule has 1 heterocycles. The van der Waals surface area contributed by atoms with Crippen LogP contribution in [0.15, 0.2) is 53.5 Å². The molecule has 2 aromatic rings. The molecule has 0 aliphatic carbocycles. The molecular weight excluding hydrogens is 357 g/mol. The molecule has 0 bridgehead atoms. The van der Waals surface area contributed by atoms with Crippen LogP contribution in [0, 0.1) is 0 Å². The molecule has 0 atom stereocenters. The molecule has 0 amide bonds. The molecule has 0 spiro atoms. The zero-order valence-corrected chi connectivity index (χ0v) is 14.5. The number of rotatable bonds is 5. The smallest absolute Gasteiger partial charge is 0.382 e. The Morgan fingerprint density at radius 1 is 1.11 bits per heavy atom. The maximum atomic E-state index is 12.9. The van der Waals surface area contributed by atoms with Gasteiger partial charge in [-0.3, -0.25) is 4.79 Å². The molecule has 1 fully saturated rings. The fraction of sp³-hybridized carbons (Fsp3) is 0.300. The van der Waals surface area contributed by atoms with Gasteiger partial charge in [-0.05, 0) is 37.1 Å². The number of halogens is 3. The van der Waals surface area contributed by atoms with E-state index in [-0.39, 0.29) is 17.4 Å². The lowest BCUT2D eigenvalue weighted by molar-refractivity contribution is -0.137. The van der Waals surface area contributed by atoms with Crippen LogP contribution in [0.2, 0.25) is 0 Å². The van der Waals surface area contributed by atoms with Crippen LogP contribution in [0.25, 0.3) is 0 Å². The van der Waals surface area contributed by atoms with E-state index in [0.29, 0.717) is 25.1 Å². The van der Waals surface area contributed by atoms with Crippen LogP contribution in [0.5, 0.6) is 0 Å². The van der Waals surface area contributed by atoms with Gasteiger partial charge in [0.2, 0.25) is 0 Å². The van der Waals surface area contributed by atoms with Gasteiger partial charge in [0.25, 0.3) is 0 Å². The summed E-state index contributed by atoms with van der Waals surface area (Å²) in [6.45, 7) is 1.33. The molecule has 0 unspecified atom stereocenters. The Hall–Kier alpha value is -2.67. The summed E-state index contributed by atoms with van der Waals surface area (Å²) in [6, 6.07) is 12.0. The van der Waals surface area contributed by atoms with Gasteiger partial charge in [-0.25, -0.2) is 4.99 Å². The van der Waals surface area contributed by atoms with E-state index in [1.54, 1.807) is 12.1 Å². The zero-order valence-electron chi connectivity index (χ0n) is 14.5. The number of nitrogens with zero attached hydrogens (tertiary/aromatic N) is 1. The average Bonchev–Trinajstić information content (AvgIpc) is 2.67. The van der Waals surface area contributed by atoms with E-state index in [9.17, 15) is 18.0 Å². The predicted octanol–water partition coefficient (Wildman–Crippen LogP) is 4.62. The second-order valence-corrected chi connectivity index (χ2v) is 6.24. The number of anilines is 1. The Morgan fingerprint density at radius 2 is 1.85 bits per heavy atom. The Kier molecular flexibility index (Phi) is 5.91. The van der Waals surface area contributed by atoms with E-state index in [4.69, 9.17) is 4.74 Å². The van der Waals surface area contributed by atoms with Gasteiger partial charge in [-0.1, -0.05) is 24.3 Å². The van der Waals surface area contributed by atoms with Crippen molar-refractivity contribution in [2.24, 2.45) is 4.99 Å². The molecule has 1 aliphatic heterocycles. The molecule has 0 aromatic heterocycles. The van der Waals surface area contributed by atoms with Crippen molar-refractivity contribution in [2.75, 3.05) is 18.5 Å². The van der Waals surface area contributed by atoms with Gasteiger partial charge in [0.05, 0.1) is 11.3 Å². The van der Waals surface area contributed by atoms with Crippen molar-refractivity contribution in [3.8, 4) is 0 Å². The number of hydrogen-bond donors (Lipinski definition) is 1. The largest absolute Gasteiger partial charge is 0.416 e. The molecule has 1 aliphatic rings. The summed E-state index contributed by atoms with van der Waals surface area (Å²) in [5, 5.41) is 3.39. The summed E-state index contributed by atoms with van der Waals surface area (Å²) in [6.07, 6.45) is -2.22. The Balaban J connectivity index is 1.92. The molecule has 0 saturated carbocycles. The topological polar surface area (TPSA) is 50.7 Å². The number of para-hydroxylation sites is 1. The molecule has 142 valence electrons. The number of carbonyl (C=O) groups excluding carboxylic acids is 1. The monoisotopic (exact) mass is 376 g/mol. The third-order valence-electron chi connectivity index (χ3n) is 4.32. The van der Waals surface area contributed by atoms with E-state index in [2.05, 4.69) is 10.3 Å². The maximum Gasteiger partial charge on any atom is 0.416 e. The minimum Gasteiger partial charge on any atom is -0.382 e. The minimum absolute atomic E-state index is 0.0736. The van der Waals surface area contributed by atoms with Crippen molar-refractivity contribution in [1.82, 2.24) is 0 Å². The number of aliphatic imine (C=N–C) groups is 1. The van der Waals surface area contributed by atoms with Gasteiger partial charge in [0.1, 0.15) is 5.71 Å². The first-order chi connectivity index (χ1) is 13.0. The Bertz CT molecular complexity index is 828. The van der Waals surface area contributed by atoms with Crippen LogP contribution < -0.4 is 5.32 Å². The standard InChI is InChI=1S/C20H19F3N2O2/c21-20(22,23)14-4-3-5-16(12-14)25-19(13-26)17-6-1-2-7-18(17)24-15-8-10-27-11-9-15/h1-7,12-13,15,24H,8-11H2/b25-19+. The molecule has 27 heavy (non-hydrogen) atoms. The van der Waals surface area contributed by atoms with Gasteiger partial charge >= 0.3 is 6.18 Å². The Labute approximate surface area is 155 Å². The lowest BCUT2D eigenvalue weighted by atomic mass is 10.0. The lowest BCUT2D eigenvalue weighted by Gasteiger charge is -2.25. The van der Waals surface area contributed by atoms with Crippen molar-refractivity contribution < 1.29 is 22.7 Å². The number of carbonyl (C=O) groups is 1. The first-order valence-corrected chi connectivity index (χ1v) is 8.62. The van der Waals surface area contributed by atoms with Gasteiger partial charge in [0, 0.05) is 30.5 Å². The number of alkyl halides is 3. The van der Waals surface area contributed by atoms with E-state index in [1.807, 2.05) is 12.1 Å². The molecule has 0 radical (unpaired) electrons. The first-order valence-electron chi connectivity index (χ1n) is 8.62. The molecule has 1 saturated heterocycles. The molecule has 4 nitrogen and oxygen atoms in total. The lowest BCUT2D eigenvalue weighted by Crippen LogP contribution is -2.28. The van der Waals surface area contributed by atoms with Crippen LogP contribution in [-0.2, 0) is 15.7 Å². The second-order valence-electron chi connectivity index (χ2n) is 6.24. The number of hydrogen-bond acceptors (Lipinski definition) is 4. The van der Waals surface area contributed by atoms with Crippen molar-refractivity contribution in [3.63, 3.8) is 0 Å². The van der Waals surface area contributed by atoms with Crippen molar-refractivity contribution in [1.29, 1.82) is 0 Å². The van der Waals surface area contributed by atoms with Crippen LogP contribution >= 0.6 is 0 Å². The highest BCUT2D eigenvalue weighted by atomic mass is 19.4. The molecule has 3 rings (SSSR count). The average molecular weight is 376 g/mol. The van der Waals surface area contributed by atoms with Crippen molar-refractivity contribution >= 4 is 23.4 Å². The molecular formula is C20H19F3N2O2. The third-order valence-corrected chi connectivity index (χ3v) is 4.32. The summed E-state index contributed by atoms with van der Waals surface area (Å²) in [4.78, 5) is 15.8. The highest BCUT2D eigenvalue weighted by Gasteiger charge is 2.30. The van der Waals surface area contributed by atoms with Gasteiger partial charge in [0.15, 0.2) is 6.29 Å². The second kappa shape index (κ2) is 8.35. The van der Waals surface area contributed by atoms with Gasteiger partial charge in [-0.15, -0.1) is 0 Å². The SMILES string of the molecule is O=C/C(=N\c1cccc(C(F)(F)F)c1)c1ccccc1NC1CCOCC1. The maximum absolute atomic E-state index is 12.9. The highest BCUT2D eigenvalue weighted by Crippen LogP contribution is 2.31. The fourth-order valence-corrected chi connectivity index (χ4v) is 2.94. The van der Waals surface area contributed by atoms with E-state index < -0.39 is 11.7 Å². The zero-order chi connectivity index (χ0) is 19.3. The summed E-state index contributed by atoms with van der Waals surface area (Å²) in [7, 11) is 0. The highest BCUT2D eigenvalue weighted by molar-refractivity contribution is 6.38. The fourth-order valence-electron chi connectivity index (χ4n) is 2.94. The van der Waals surface area contributed by atoms with Gasteiger partial charge < -0.3 is 10.1 Å². The molecule has 2 aromatic carbocycles. The number of nitrogens with one attached hydrogen (secondary N) is 1. The number of ether oxygens (including phenoxy) is 1. The first kappa shape index (κ1) is 19.1. The van der Waals surface area contributed by atoms with Gasteiger partial charge in [-0.2, -0.15) is 13.2 Å². The summed E-state index contributed by atoms with van der Waals surface area (Å²) < 4.78 is 44.0. The van der Waals surface area contributed by atoms with E-state index >= 15 is 0 Å². The van der Waals surface area contributed by atoms with Crippen LogP contribution in [0.3, 0.4) is 0 Å². The van der Waals surface area contributed by atoms with Crippen molar-refractivity contribution in [3.05, 3.63) is 59.7 Å². The van der Waals surface area contributed by atoms with E-state index in [0.717, 1.165) is 30.7 Å². The van der Waals surface area contributed by atoms with Crippen LogP contribution in [0.4, 0.5) is 24.5 Å². The summed E-state index contributed by atoms with van der Waals surface area (Å²) in [5.41, 5.74) is 0.624. The third kappa shape index (κ3) is 4.95. The summed E-state index contributed by atoms with van der Waals surface area (Å²) in [5.74, 6) is 0. The predicted molar refractivity (Wildman–Crippen MR) is 97.6 cm³/mol. The summed E-state index contributed by atoms with van der Waals surface area (Å²) >= 11 is 0. The van der Waals surface area contributed by atoms with Crippen LogP contribution in [-0.4, -0.2) is 31.3 Å². The number of benzene rings is 2. The van der Waals surface area contributed by atoms with E-state index in [1.165, 1.54) is 12.1 Å². The Morgan fingerprint density at radius 3 is 2.56 bits per heavy atom. The molecule has 1 N–H and O–H groups in total. The van der Waals surface area contributed by atoms with Crippen LogP contribution in [0.1, 0.15) is 24.0 Å². The van der Waals surface area contributed by atoms with Crippen molar-refractivity contribution in [2.45, 2.75) is 25.1 Å². The quantitative estimate of drug-likeness (QED) is 0.612. The number of aldehydes is 1. The molecule has 7 heteroatoms.